The highest BCUT2D eigenvalue weighted by atomic mass is 79.9. The summed E-state index contributed by atoms with van der Waals surface area (Å²) in [5.74, 6) is 0.469. The molecule has 0 bridgehead atoms. The molecule has 118 valence electrons. The minimum atomic E-state index is -0.203. The first kappa shape index (κ1) is 16.9. The van der Waals surface area contributed by atoms with E-state index in [0.29, 0.717) is 10.4 Å². The zero-order valence-corrected chi connectivity index (χ0v) is 14.7. The molecule has 4 heteroatoms. The van der Waals surface area contributed by atoms with Crippen LogP contribution in [0.1, 0.15) is 38.2 Å². The van der Waals surface area contributed by atoms with E-state index in [1.807, 2.05) is 20.2 Å². The molecule has 0 radical (unpaired) electrons. The summed E-state index contributed by atoms with van der Waals surface area (Å²) in [4.78, 5) is 0. The Morgan fingerprint density at radius 2 is 2.29 bits per heavy atom. The summed E-state index contributed by atoms with van der Waals surface area (Å²) in [7, 11) is 3.78. The minimum Gasteiger partial charge on any atom is -0.377 e. The van der Waals surface area contributed by atoms with Crippen LogP contribution in [-0.4, -0.2) is 25.8 Å². The summed E-state index contributed by atoms with van der Waals surface area (Å²) in [6, 6.07) is 5.41. The molecule has 3 atom stereocenters. The molecule has 0 heterocycles. The van der Waals surface area contributed by atoms with Crippen LogP contribution in [0.2, 0.25) is 0 Å². The second-order valence-electron chi connectivity index (χ2n) is 6.23. The van der Waals surface area contributed by atoms with Crippen molar-refractivity contribution in [3.8, 4) is 0 Å². The molecule has 1 aliphatic carbocycles. The molecule has 1 saturated carbocycles. The summed E-state index contributed by atoms with van der Waals surface area (Å²) < 4.78 is 20.3. The van der Waals surface area contributed by atoms with Crippen molar-refractivity contribution < 1.29 is 9.13 Å². The Balaban J connectivity index is 2.23. The zero-order valence-electron chi connectivity index (χ0n) is 13.1. The lowest BCUT2D eigenvalue weighted by Crippen LogP contribution is -2.54. The summed E-state index contributed by atoms with van der Waals surface area (Å²) >= 11 is 3.37. The van der Waals surface area contributed by atoms with Gasteiger partial charge in [-0.1, -0.05) is 31.9 Å². The normalized spacial score (nSPS) is 27.6. The number of rotatable bonds is 5. The molecular formula is C17H25BrFNO. The number of hydrogen-bond acceptors (Lipinski definition) is 2. The van der Waals surface area contributed by atoms with E-state index in [-0.39, 0.29) is 17.5 Å². The number of benzene rings is 1. The summed E-state index contributed by atoms with van der Waals surface area (Å²) in [6.07, 6.45) is 5.34. The Bertz CT molecular complexity index is 482. The number of ether oxygens (including phenoxy) is 1. The Kier molecular flexibility index (Phi) is 5.81. The van der Waals surface area contributed by atoms with E-state index in [0.717, 1.165) is 24.8 Å². The highest BCUT2D eigenvalue weighted by Gasteiger charge is 2.41. The Morgan fingerprint density at radius 3 is 2.90 bits per heavy atom. The van der Waals surface area contributed by atoms with Crippen molar-refractivity contribution in [3.05, 3.63) is 34.1 Å². The molecule has 0 saturated heterocycles. The molecule has 1 N–H and O–H groups in total. The fourth-order valence-electron chi connectivity index (χ4n) is 3.67. The third kappa shape index (κ3) is 3.66. The summed E-state index contributed by atoms with van der Waals surface area (Å²) in [5, 5.41) is 3.41. The molecule has 1 fully saturated rings. The van der Waals surface area contributed by atoms with E-state index in [4.69, 9.17) is 4.74 Å². The highest BCUT2D eigenvalue weighted by Crippen LogP contribution is 2.38. The van der Waals surface area contributed by atoms with E-state index >= 15 is 0 Å². The highest BCUT2D eigenvalue weighted by molar-refractivity contribution is 9.10. The van der Waals surface area contributed by atoms with Crippen molar-refractivity contribution in [1.82, 2.24) is 5.32 Å². The first-order valence-corrected chi connectivity index (χ1v) is 8.47. The van der Waals surface area contributed by atoms with Crippen LogP contribution in [0.3, 0.4) is 0 Å². The average Bonchev–Trinajstić information content (AvgIpc) is 2.48. The number of likely N-dealkylation sites (N-methyl/N-ethyl adjacent to an activating group) is 1. The maximum absolute atomic E-state index is 13.7. The van der Waals surface area contributed by atoms with Gasteiger partial charge in [-0.15, -0.1) is 0 Å². The monoisotopic (exact) mass is 357 g/mol. The fourth-order valence-corrected chi connectivity index (χ4v) is 4.09. The van der Waals surface area contributed by atoms with E-state index in [1.54, 1.807) is 6.07 Å². The van der Waals surface area contributed by atoms with Crippen LogP contribution in [0.5, 0.6) is 0 Å². The predicted octanol–water partition coefficient (Wildman–Crippen LogP) is 4.31. The number of hydrogen-bond donors (Lipinski definition) is 1. The van der Waals surface area contributed by atoms with Crippen molar-refractivity contribution in [3.63, 3.8) is 0 Å². The molecule has 1 aromatic rings. The number of halogens is 2. The Morgan fingerprint density at radius 1 is 1.52 bits per heavy atom. The standard InChI is InChI=1S/C17H25BrFNO/c1-12-6-5-9-17(11-12,21-3)15(20-2)10-13-7-4-8-14(19)16(13)18/h4,7-8,12,15,20H,5-6,9-11H2,1-3H3. The Labute approximate surface area is 135 Å². The molecule has 0 spiro atoms. The lowest BCUT2D eigenvalue weighted by atomic mass is 9.73. The van der Waals surface area contributed by atoms with Crippen LogP contribution in [0.25, 0.3) is 0 Å². The largest absolute Gasteiger partial charge is 0.377 e. The van der Waals surface area contributed by atoms with Crippen molar-refractivity contribution >= 4 is 15.9 Å². The Hall–Kier alpha value is -0.450. The van der Waals surface area contributed by atoms with Crippen molar-refractivity contribution in [2.24, 2.45) is 5.92 Å². The van der Waals surface area contributed by atoms with Gasteiger partial charge in [0.2, 0.25) is 0 Å². The third-order valence-electron chi connectivity index (χ3n) is 4.84. The van der Waals surface area contributed by atoms with Gasteiger partial charge in [0, 0.05) is 13.2 Å². The second kappa shape index (κ2) is 7.21. The minimum absolute atomic E-state index is 0.155. The SMILES string of the molecule is CNC(Cc1cccc(F)c1Br)C1(OC)CCCC(C)C1. The maximum Gasteiger partial charge on any atom is 0.137 e. The van der Waals surface area contributed by atoms with Gasteiger partial charge in [0.25, 0.3) is 0 Å². The van der Waals surface area contributed by atoms with Crippen molar-refractivity contribution in [1.29, 1.82) is 0 Å². The lowest BCUT2D eigenvalue weighted by Gasteiger charge is -2.44. The maximum atomic E-state index is 13.7. The van der Waals surface area contributed by atoms with Crippen LogP contribution in [0.15, 0.2) is 22.7 Å². The van der Waals surface area contributed by atoms with Gasteiger partial charge in [0.15, 0.2) is 0 Å². The van der Waals surface area contributed by atoms with Gasteiger partial charge in [0.1, 0.15) is 5.82 Å². The topological polar surface area (TPSA) is 21.3 Å². The molecule has 0 amide bonds. The molecule has 3 unspecified atom stereocenters. The number of methoxy groups -OCH3 is 1. The molecule has 2 nitrogen and oxygen atoms in total. The zero-order chi connectivity index (χ0) is 15.5. The van der Waals surface area contributed by atoms with Crippen LogP contribution < -0.4 is 5.32 Å². The van der Waals surface area contributed by atoms with Gasteiger partial charge >= 0.3 is 0 Å². The van der Waals surface area contributed by atoms with Crippen LogP contribution >= 0.6 is 15.9 Å². The molecule has 21 heavy (non-hydrogen) atoms. The van der Waals surface area contributed by atoms with Gasteiger partial charge in [-0.2, -0.15) is 0 Å². The van der Waals surface area contributed by atoms with Gasteiger partial charge in [-0.25, -0.2) is 4.39 Å². The van der Waals surface area contributed by atoms with Gasteiger partial charge < -0.3 is 10.1 Å². The van der Waals surface area contributed by atoms with Gasteiger partial charge in [-0.05, 0) is 59.8 Å². The smallest absolute Gasteiger partial charge is 0.137 e. The van der Waals surface area contributed by atoms with Crippen molar-refractivity contribution in [2.45, 2.75) is 50.7 Å². The van der Waals surface area contributed by atoms with Crippen LogP contribution in [0.4, 0.5) is 4.39 Å². The summed E-state index contributed by atoms with van der Waals surface area (Å²) in [6.45, 7) is 2.29. The first-order chi connectivity index (χ1) is 10.0. The van der Waals surface area contributed by atoms with Crippen molar-refractivity contribution in [2.75, 3.05) is 14.2 Å². The number of nitrogens with one attached hydrogen (secondary N) is 1. The lowest BCUT2D eigenvalue weighted by molar-refractivity contribution is -0.0775. The van der Waals surface area contributed by atoms with E-state index in [2.05, 4.69) is 28.2 Å². The predicted molar refractivity (Wildman–Crippen MR) is 88.0 cm³/mol. The fraction of sp³-hybridized carbons (Fsp3) is 0.647. The average molecular weight is 358 g/mol. The van der Waals surface area contributed by atoms with E-state index < -0.39 is 0 Å². The van der Waals surface area contributed by atoms with E-state index in [1.165, 1.54) is 18.9 Å². The quantitative estimate of drug-likeness (QED) is 0.847. The van der Waals surface area contributed by atoms with Crippen LogP contribution in [0, 0.1) is 11.7 Å². The van der Waals surface area contributed by atoms with E-state index in [9.17, 15) is 4.39 Å². The van der Waals surface area contributed by atoms with Gasteiger partial charge in [0.05, 0.1) is 10.1 Å². The molecular weight excluding hydrogens is 333 g/mol. The third-order valence-corrected chi connectivity index (χ3v) is 5.72. The molecule has 0 aliphatic heterocycles. The molecule has 1 aliphatic rings. The summed E-state index contributed by atoms with van der Waals surface area (Å²) in [5.41, 5.74) is 0.835. The van der Waals surface area contributed by atoms with Crippen LogP contribution in [-0.2, 0) is 11.2 Å². The molecule has 1 aromatic carbocycles. The second-order valence-corrected chi connectivity index (χ2v) is 7.02. The first-order valence-electron chi connectivity index (χ1n) is 7.67. The molecule has 2 rings (SSSR count). The molecule has 0 aromatic heterocycles. The van der Waals surface area contributed by atoms with Gasteiger partial charge in [-0.3, -0.25) is 0 Å².